The Morgan fingerprint density at radius 3 is 2.38 bits per heavy atom. The number of aryl methyl sites for hydroxylation is 3. The highest BCUT2D eigenvalue weighted by Crippen LogP contribution is 2.40. The fraction of sp³-hybridized carbons (Fsp3) is 0.219. The number of nitrogens with one attached hydrogen (secondary N) is 1. The van der Waals surface area contributed by atoms with Crippen molar-refractivity contribution in [1.29, 1.82) is 0 Å². The van der Waals surface area contributed by atoms with Crippen LogP contribution in [0.15, 0.2) is 82.2 Å². The van der Waals surface area contributed by atoms with Crippen molar-refractivity contribution < 1.29 is 8.83 Å². The van der Waals surface area contributed by atoms with Gasteiger partial charge in [0.2, 0.25) is 0 Å². The molecular formula is C32H26N8O2. The largest absolute Gasteiger partial charge is 0.425 e. The maximum Gasteiger partial charge on any atom is 0.299 e. The van der Waals surface area contributed by atoms with Crippen LogP contribution in [0, 0.1) is 0 Å². The Morgan fingerprint density at radius 1 is 0.786 bits per heavy atom. The molecule has 2 aromatic carbocycles. The number of fused-ring (bicyclic) bond motifs is 11. The van der Waals surface area contributed by atoms with Gasteiger partial charge in [-0.1, -0.05) is 0 Å². The molecule has 0 amide bonds. The maximum atomic E-state index is 6.19. The summed E-state index contributed by atoms with van der Waals surface area (Å²) in [6, 6.07) is 16.9. The molecule has 1 N–H and O–H groups in total. The van der Waals surface area contributed by atoms with Gasteiger partial charge in [0, 0.05) is 40.8 Å². The van der Waals surface area contributed by atoms with E-state index in [2.05, 4.69) is 68.0 Å². The molecule has 1 unspecified atom stereocenters. The molecule has 10 nitrogen and oxygen atoms in total. The highest BCUT2D eigenvalue weighted by atomic mass is 16.5. The van der Waals surface area contributed by atoms with Crippen LogP contribution in [-0.4, -0.2) is 35.4 Å². The Hall–Kier alpha value is -5.09. The maximum absolute atomic E-state index is 6.19. The minimum absolute atomic E-state index is 0.227. The predicted octanol–water partition coefficient (Wildman–Crippen LogP) is 5.92. The van der Waals surface area contributed by atoms with Crippen LogP contribution in [-0.2, 0) is 19.3 Å². The Bertz CT molecular complexity index is 2220. The molecule has 0 fully saturated rings. The lowest BCUT2D eigenvalue weighted by atomic mass is 10.1. The Balaban J connectivity index is 1.08. The third kappa shape index (κ3) is 3.15. The summed E-state index contributed by atoms with van der Waals surface area (Å²) in [5.74, 6) is 0.533. The highest BCUT2D eigenvalue weighted by molar-refractivity contribution is 6.18. The van der Waals surface area contributed by atoms with Crippen LogP contribution in [0.25, 0.3) is 50.2 Å². The fourth-order valence-electron chi connectivity index (χ4n) is 6.94. The molecular weight excluding hydrogens is 528 g/mol. The van der Waals surface area contributed by atoms with E-state index in [1.165, 1.54) is 17.1 Å². The van der Waals surface area contributed by atoms with E-state index < -0.39 is 0 Å². The summed E-state index contributed by atoms with van der Waals surface area (Å²) in [5, 5.41) is 19.3. The van der Waals surface area contributed by atoms with Gasteiger partial charge in [-0.15, -0.1) is 0 Å². The van der Waals surface area contributed by atoms with Gasteiger partial charge in [0.25, 0.3) is 5.78 Å². The van der Waals surface area contributed by atoms with Gasteiger partial charge in [0.1, 0.15) is 16.9 Å². The molecule has 0 spiro atoms. The van der Waals surface area contributed by atoms with Gasteiger partial charge in [-0.05, 0) is 87.1 Å². The monoisotopic (exact) mass is 554 g/mol. The van der Waals surface area contributed by atoms with Crippen LogP contribution in [0.3, 0.4) is 0 Å². The number of hydrogen-bond acceptors (Lipinski definition) is 7. The standard InChI is InChI=1S/C32H26N8O2/c1-3-19-11-13-33-39(19)27-17-37(35-25(27)5-1)21-7-9-29-23(15-21)31-24-16-22(8-10-30(24)42-32(31)41-29)38-18-28-26(36-38)6-2-4-20-12-14-34-40(20)28/h7-18,25,35H,1-6H2. The Kier molecular flexibility index (Phi) is 4.43. The summed E-state index contributed by atoms with van der Waals surface area (Å²) < 4.78 is 18.5. The molecule has 0 radical (unpaired) electrons. The summed E-state index contributed by atoms with van der Waals surface area (Å²) in [7, 11) is 0. The molecule has 206 valence electrons. The van der Waals surface area contributed by atoms with E-state index in [1.54, 1.807) is 0 Å². The van der Waals surface area contributed by atoms with Gasteiger partial charge in [0.15, 0.2) is 0 Å². The number of nitrogens with zero attached hydrogens (tertiary/aromatic N) is 7. The molecule has 42 heavy (non-hydrogen) atoms. The van der Waals surface area contributed by atoms with Crippen LogP contribution in [0.5, 0.6) is 0 Å². The van der Waals surface area contributed by atoms with Crippen LogP contribution in [0.4, 0.5) is 5.69 Å². The number of hydrogen-bond donors (Lipinski definition) is 1. The first kappa shape index (κ1) is 22.6. The van der Waals surface area contributed by atoms with Crippen molar-refractivity contribution in [3.63, 3.8) is 0 Å². The van der Waals surface area contributed by atoms with Crippen molar-refractivity contribution in [1.82, 2.24) is 34.8 Å². The van der Waals surface area contributed by atoms with Crippen LogP contribution in [0.1, 0.15) is 36.3 Å². The first-order valence-electron chi connectivity index (χ1n) is 14.6. The smallest absolute Gasteiger partial charge is 0.299 e. The second-order valence-electron chi connectivity index (χ2n) is 11.5. The summed E-state index contributed by atoms with van der Waals surface area (Å²) in [6.07, 6.45) is 14.3. The first-order valence-corrected chi connectivity index (χ1v) is 14.6. The van der Waals surface area contributed by atoms with E-state index in [-0.39, 0.29) is 6.04 Å². The SMILES string of the molecule is C1=C2C(CCCc3ccnn32)NN1c1ccc2oc3oc4ccc(-n5cc6c(n5)CCCc5ccnn5-6)cc4c3c2c1. The van der Waals surface area contributed by atoms with Gasteiger partial charge < -0.3 is 8.83 Å². The quantitative estimate of drug-likeness (QED) is 0.284. The van der Waals surface area contributed by atoms with Crippen molar-refractivity contribution in [3.8, 4) is 11.4 Å². The Labute approximate surface area is 239 Å². The number of rotatable bonds is 2. The van der Waals surface area contributed by atoms with Crippen molar-refractivity contribution in [2.24, 2.45) is 0 Å². The van der Waals surface area contributed by atoms with Crippen molar-refractivity contribution in [2.75, 3.05) is 5.01 Å². The zero-order valence-corrected chi connectivity index (χ0v) is 22.7. The third-order valence-electron chi connectivity index (χ3n) is 8.99. The predicted molar refractivity (Wildman–Crippen MR) is 159 cm³/mol. The van der Waals surface area contributed by atoms with Crippen LogP contribution in [0.2, 0.25) is 0 Å². The van der Waals surface area contributed by atoms with E-state index in [0.717, 1.165) is 88.6 Å². The zero-order valence-electron chi connectivity index (χ0n) is 22.7. The van der Waals surface area contributed by atoms with Gasteiger partial charge >= 0.3 is 0 Å². The van der Waals surface area contributed by atoms with E-state index in [1.807, 2.05) is 40.0 Å². The van der Waals surface area contributed by atoms with E-state index >= 15 is 0 Å². The summed E-state index contributed by atoms with van der Waals surface area (Å²) in [6.45, 7) is 0. The van der Waals surface area contributed by atoms with Gasteiger partial charge in [0.05, 0.1) is 40.4 Å². The number of furan rings is 2. The molecule has 10 heteroatoms. The number of anilines is 1. The lowest BCUT2D eigenvalue weighted by Crippen LogP contribution is -2.36. The normalized spacial score (nSPS) is 18.1. The van der Waals surface area contributed by atoms with Gasteiger partial charge in [-0.3, -0.25) is 5.01 Å². The molecule has 10 rings (SSSR count). The number of benzene rings is 2. The molecule has 0 aliphatic carbocycles. The zero-order chi connectivity index (χ0) is 27.4. The molecule has 1 atom stereocenters. The van der Waals surface area contributed by atoms with E-state index in [0.29, 0.717) is 5.78 Å². The van der Waals surface area contributed by atoms with Gasteiger partial charge in [-0.25, -0.2) is 19.5 Å². The molecule has 0 saturated carbocycles. The van der Waals surface area contributed by atoms with Crippen molar-refractivity contribution in [2.45, 2.75) is 44.6 Å². The third-order valence-corrected chi connectivity index (χ3v) is 8.99. The second kappa shape index (κ2) is 8.23. The highest BCUT2D eigenvalue weighted by Gasteiger charge is 2.30. The summed E-state index contributed by atoms with van der Waals surface area (Å²) in [4.78, 5) is 0. The van der Waals surface area contributed by atoms with Crippen molar-refractivity contribution in [3.05, 3.63) is 90.4 Å². The lowest BCUT2D eigenvalue weighted by Gasteiger charge is -2.19. The fourth-order valence-corrected chi connectivity index (χ4v) is 6.94. The summed E-state index contributed by atoms with van der Waals surface area (Å²) >= 11 is 0. The molecule has 7 aromatic rings. The average Bonchev–Trinajstić information content (AvgIpc) is 3.83. The topological polar surface area (TPSA) is 95.0 Å². The van der Waals surface area contributed by atoms with E-state index in [9.17, 15) is 0 Å². The lowest BCUT2D eigenvalue weighted by molar-refractivity contribution is 0.524. The summed E-state index contributed by atoms with van der Waals surface area (Å²) in [5.41, 5.74) is 13.1. The van der Waals surface area contributed by atoms with Gasteiger partial charge in [-0.2, -0.15) is 15.3 Å². The van der Waals surface area contributed by atoms with Crippen LogP contribution < -0.4 is 10.4 Å². The second-order valence-corrected chi connectivity index (χ2v) is 11.5. The number of hydrazine groups is 1. The van der Waals surface area contributed by atoms with Crippen LogP contribution >= 0.6 is 0 Å². The van der Waals surface area contributed by atoms with Crippen molar-refractivity contribution >= 4 is 44.5 Å². The minimum atomic E-state index is 0.227. The molecule has 5 aromatic heterocycles. The average molecular weight is 555 g/mol. The minimum Gasteiger partial charge on any atom is -0.425 e. The molecule has 8 heterocycles. The molecule has 3 aliphatic rings. The molecule has 0 bridgehead atoms. The molecule has 0 saturated heterocycles. The first-order chi connectivity index (χ1) is 20.8. The number of aromatic nitrogens is 6. The molecule has 3 aliphatic heterocycles. The Morgan fingerprint density at radius 2 is 1.52 bits per heavy atom. The van der Waals surface area contributed by atoms with E-state index in [4.69, 9.17) is 13.9 Å².